The van der Waals surface area contributed by atoms with Crippen LogP contribution >= 0.6 is 0 Å². The molecule has 0 aliphatic carbocycles. The Morgan fingerprint density at radius 1 is 1.04 bits per heavy atom. The maximum absolute atomic E-state index is 11.2. The Balaban J connectivity index is 2.38. The zero-order valence-electron chi connectivity index (χ0n) is 14.1. The summed E-state index contributed by atoms with van der Waals surface area (Å²) >= 11 is 0. The van der Waals surface area contributed by atoms with Gasteiger partial charge in [0.05, 0.1) is 10.6 Å². The standard InChI is InChI=1S/C17H21N3O3S/c1-11-9-14(17(2,3)4)16(21)15(10-11)20-19-12-5-7-13(8-6-12)24(18,22)23/h5-10,21H,1-4H3,(H2,18,22,23). The number of aryl methyl sites for hydroxylation is 1. The van der Waals surface area contributed by atoms with Gasteiger partial charge in [-0.05, 0) is 48.2 Å². The lowest BCUT2D eigenvalue weighted by molar-refractivity contribution is 0.447. The van der Waals surface area contributed by atoms with Crippen molar-refractivity contribution in [1.82, 2.24) is 0 Å². The Morgan fingerprint density at radius 3 is 2.12 bits per heavy atom. The average Bonchev–Trinajstić information content (AvgIpc) is 2.46. The van der Waals surface area contributed by atoms with E-state index in [4.69, 9.17) is 5.14 Å². The predicted molar refractivity (Wildman–Crippen MR) is 93.5 cm³/mol. The van der Waals surface area contributed by atoms with E-state index in [9.17, 15) is 13.5 Å². The van der Waals surface area contributed by atoms with Gasteiger partial charge in [0.1, 0.15) is 11.4 Å². The number of rotatable bonds is 3. The second-order valence-corrected chi connectivity index (χ2v) is 8.23. The Hall–Kier alpha value is -2.25. The first kappa shape index (κ1) is 18.1. The lowest BCUT2D eigenvalue weighted by Gasteiger charge is -2.21. The zero-order valence-corrected chi connectivity index (χ0v) is 14.9. The predicted octanol–water partition coefficient (Wildman–Crippen LogP) is 4.06. The molecule has 3 N–H and O–H groups in total. The van der Waals surface area contributed by atoms with Crippen molar-refractivity contribution in [2.24, 2.45) is 15.4 Å². The number of aromatic hydroxyl groups is 1. The van der Waals surface area contributed by atoms with Gasteiger partial charge in [0, 0.05) is 5.56 Å². The molecule has 0 amide bonds. The van der Waals surface area contributed by atoms with Gasteiger partial charge < -0.3 is 5.11 Å². The molecule has 0 saturated heterocycles. The van der Waals surface area contributed by atoms with Crippen molar-refractivity contribution in [3.05, 3.63) is 47.5 Å². The van der Waals surface area contributed by atoms with Gasteiger partial charge in [-0.2, -0.15) is 5.11 Å². The van der Waals surface area contributed by atoms with Crippen molar-refractivity contribution in [2.45, 2.75) is 38.0 Å². The summed E-state index contributed by atoms with van der Waals surface area (Å²) in [5.41, 5.74) is 2.37. The van der Waals surface area contributed by atoms with Crippen LogP contribution in [0.4, 0.5) is 11.4 Å². The van der Waals surface area contributed by atoms with Crippen molar-refractivity contribution >= 4 is 21.4 Å². The van der Waals surface area contributed by atoms with Crippen LogP contribution in [0.5, 0.6) is 5.75 Å². The van der Waals surface area contributed by atoms with E-state index in [2.05, 4.69) is 10.2 Å². The summed E-state index contributed by atoms with van der Waals surface area (Å²) in [6.45, 7) is 7.95. The van der Waals surface area contributed by atoms with Gasteiger partial charge in [0.25, 0.3) is 0 Å². The number of nitrogens with zero attached hydrogens (tertiary/aromatic N) is 2. The molecular formula is C17H21N3O3S. The highest BCUT2D eigenvalue weighted by molar-refractivity contribution is 7.89. The number of sulfonamides is 1. The number of phenolic OH excluding ortho intramolecular Hbond substituents is 1. The molecule has 24 heavy (non-hydrogen) atoms. The lowest BCUT2D eigenvalue weighted by atomic mass is 9.85. The van der Waals surface area contributed by atoms with E-state index in [1.54, 1.807) is 6.07 Å². The van der Waals surface area contributed by atoms with Crippen molar-refractivity contribution in [3.8, 4) is 5.75 Å². The highest BCUT2D eigenvalue weighted by Gasteiger charge is 2.20. The molecule has 128 valence electrons. The summed E-state index contributed by atoms with van der Waals surface area (Å²) in [5, 5.41) is 23.6. The third kappa shape index (κ3) is 4.18. The molecule has 0 radical (unpaired) electrons. The van der Waals surface area contributed by atoms with Crippen molar-refractivity contribution in [2.75, 3.05) is 0 Å². The fraction of sp³-hybridized carbons (Fsp3) is 0.294. The molecule has 0 bridgehead atoms. The van der Waals surface area contributed by atoms with Crippen LogP contribution in [0.25, 0.3) is 0 Å². The fourth-order valence-electron chi connectivity index (χ4n) is 2.22. The number of azo groups is 1. The molecule has 2 aromatic rings. The largest absolute Gasteiger partial charge is 0.505 e. The minimum absolute atomic E-state index is 0.00914. The van der Waals surface area contributed by atoms with Gasteiger partial charge in [-0.3, -0.25) is 0 Å². The van der Waals surface area contributed by atoms with Crippen molar-refractivity contribution in [3.63, 3.8) is 0 Å². The Labute approximate surface area is 142 Å². The van der Waals surface area contributed by atoms with Crippen LogP contribution in [-0.2, 0) is 15.4 Å². The van der Waals surface area contributed by atoms with Crippen LogP contribution in [0.15, 0.2) is 51.5 Å². The molecule has 0 aliphatic rings. The molecule has 0 spiro atoms. The molecule has 0 aromatic heterocycles. The molecule has 0 heterocycles. The van der Waals surface area contributed by atoms with E-state index in [1.165, 1.54) is 24.3 Å². The van der Waals surface area contributed by atoms with Gasteiger partial charge in [-0.1, -0.05) is 26.8 Å². The fourth-order valence-corrected chi connectivity index (χ4v) is 2.74. The van der Waals surface area contributed by atoms with E-state index in [0.717, 1.165) is 11.1 Å². The maximum atomic E-state index is 11.2. The van der Waals surface area contributed by atoms with Crippen molar-refractivity contribution in [1.29, 1.82) is 0 Å². The number of hydrogen-bond donors (Lipinski definition) is 2. The summed E-state index contributed by atoms with van der Waals surface area (Å²) < 4.78 is 22.5. The highest BCUT2D eigenvalue weighted by atomic mass is 32.2. The van der Waals surface area contributed by atoms with E-state index in [1.807, 2.05) is 33.8 Å². The van der Waals surface area contributed by atoms with Crippen molar-refractivity contribution < 1.29 is 13.5 Å². The molecule has 0 aliphatic heterocycles. The van der Waals surface area contributed by atoms with Gasteiger partial charge >= 0.3 is 0 Å². The third-order valence-electron chi connectivity index (χ3n) is 3.48. The number of hydrogen-bond acceptors (Lipinski definition) is 5. The number of phenols is 1. The molecule has 0 fully saturated rings. The monoisotopic (exact) mass is 347 g/mol. The third-order valence-corrected chi connectivity index (χ3v) is 4.41. The van der Waals surface area contributed by atoms with Gasteiger partial charge in [-0.15, -0.1) is 5.11 Å². The molecule has 0 unspecified atom stereocenters. The first-order valence-corrected chi connectivity index (χ1v) is 8.92. The lowest BCUT2D eigenvalue weighted by Crippen LogP contribution is -2.11. The van der Waals surface area contributed by atoms with E-state index in [0.29, 0.717) is 11.4 Å². The summed E-state index contributed by atoms with van der Waals surface area (Å²) in [6, 6.07) is 9.39. The first-order chi connectivity index (χ1) is 11.0. The van der Waals surface area contributed by atoms with Gasteiger partial charge in [-0.25, -0.2) is 13.6 Å². The summed E-state index contributed by atoms with van der Waals surface area (Å²) in [6.07, 6.45) is 0. The molecule has 2 rings (SSSR count). The normalized spacial score (nSPS) is 12.7. The van der Waals surface area contributed by atoms with Crippen LogP contribution < -0.4 is 5.14 Å². The van der Waals surface area contributed by atoms with Gasteiger partial charge in [0.15, 0.2) is 0 Å². The molecule has 0 saturated carbocycles. The second kappa shape index (κ2) is 6.33. The van der Waals surface area contributed by atoms with E-state index in [-0.39, 0.29) is 16.1 Å². The van der Waals surface area contributed by atoms with E-state index >= 15 is 0 Å². The quantitative estimate of drug-likeness (QED) is 0.818. The second-order valence-electron chi connectivity index (χ2n) is 6.67. The minimum Gasteiger partial charge on any atom is -0.505 e. The number of benzene rings is 2. The summed E-state index contributed by atoms with van der Waals surface area (Å²) in [5.74, 6) is 0.0954. The summed E-state index contributed by atoms with van der Waals surface area (Å²) in [4.78, 5) is 0.00914. The summed E-state index contributed by atoms with van der Waals surface area (Å²) in [7, 11) is -3.73. The topological polar surface area (TPSA) is 105 Å². The van der Waals surface area contributed by atoms with Crippen LogP contribution in [0, 0.1) is 6.92 Å². The minimum atomic E-state index is -3.73. The van der Waals surface area contributed by atoms with Crippen LogP contribution in [0.3, 0.4) is 0 Å². The molecule has 0 atom stereocenters. The Bertz CT molecular complexity index is 881. The highest BCUT2D eigenvalue weighted by Crippen LogP contribution is 2.39. The molecule has 6 nitrogen and oxygen atoms in total. The number of primary sulfonamides is 1. The molecular weight excluding hydrogens is 326 g/mol. The van der Waals surface area contributed by atoms with Crippen LogP contribution in [-0.4, -0.2) is 13.5 Å². The Kier molecular flexibility index (Phi) is 4.77. The first-order valence-electron chi connectivity index (χ1n) is 7.37. The molecule has 2 aromatic carbocycles. The maximum Gasteiger partial charge on any atom is 0.238 e. The van der Waals surface area contributed by atoms with E-state index < -0.39 is 10.0 Å². The average molecular weight is 347 g/mol. The van der Waals surface area contributed by atoms with Gasteiger partial charge in [0.2, 0.25) is 10.0 Å². The SMILES string of the molecule is Cc1cc(N=Nc2ccc(S(N)(=O)=O)cc2)c(O)c(C(C)(C)C)c1. The Morgan fingerprint density at radius 2 is 1.62 bits per heavy atom. The number of nitrogens with two attached hydrogens (primary N) is 1. The van der Waals surface area contributed by atoms with Crippen LogP contribution in [0.1, 0.15) is 31.9 Å². The zero-order chi connectivity index (χ0) is 18.1. The van der Waals surface area contributed by atoms with Crippen LogP contribution in [0.2, 0.25) is 0 Å². The smallest absolute Gasteiger partial charge is 0.238 e. The molecule has 7 heteroatoms.